The molecule has 0 aliphatic carbocycles. The molecule has 1 amide bonds. The predicted octanol–water partition coefficient (Wildman–Crippen LogP) is 0.850. The van der Waals surface area contributed by atoms with Gasteiger partial charge in [0, 0.05) is 0 Å². The number of esters is 1. The number of amides is 1. The summed E-state index contributed by atoms with van der Waals surface area (Å²) < 4.78 is 4.58. The largest absolute Gasteiger partial charge is 0.467 e. The lowest BCUT2D eigenvalue weighted by Crippen LogP contribution is -2.49. The van der Waals surface area contributed by atoms with Gasteiger partial charge >= 0.3 is 5.97 Å². The van der Waals surface area contributed by atoms with Crippen molar-refractivity contribution < 1.29 is 14.3 Å². The molecular weight excluding hydrogens is 208 g/mol. The van der Waals surface area contributed by atoms with E-state index >= 15 is 0 Å². The van der Waals surface area contributed by atoms with E-state index in [-0.39, 0.29) is 5.92 Å². The summed E-state index contributed by atoms with van der Waals surface area (Å²) in [6, 6.07) is 1.16. The van der Waals surface area contributed by atoms with E-state index in [0.29, 0.717) is 0 Å². The van der Waals surface area contributed by atoms with E-state index in [1.807, 2.05) is 6.07 Å². The van der Waals surface area contributed by atoms with Crippen LogP contribution in [0.1, 0.15) is 27.7 Å². The molecule has 90 valence electrons. The molecule has 0 saturated carbocycles. The van der Waals surface area contributed by atoms with Crippen molar-refractivity contribution in [2.75, 3.05) is 7.11 Å². The van der Waals surface area contributed by atoms with E-state index in [1.54, 1.807) is 13.8 Å². The Morgan fingerprint density at radius 1 is 1.38 bits per heavy atom. The second kappa shape index (κ2) is 5.50. The maximum absolute atomic E-state index is 11.7. The number of hydrogen-bond acceptors (Lipinski definition) is 4. The second-order valence-corrected chi connectivity index (χ2v) is 4.46. The number of hydrogen-bond donors (Lipinski definition) is 1. The Hall–Kier alpha value is -1.57. The maximum Gasteiger partial charge on any atom is 0.328 e. The topological polar surface area (TPSA) is 79.2 Å². The van der Waals surface area contributed by atoms with E-state index in [2.05, 4.69) is 10.1 Å². The summed E-state index contributed by atoms with van der Waals surface area (Å²) >= 11 is 0. The molecule has 0 aromatic carbocycles. The van der Waals surface area contributed by atoms with E-state index in [1.165, 1.54) is 21.0 Å². The molecule has 0 aliphatic heterocycles. The summed E-state index contributed by atoms with van der Waals surface area (Å²) in [4.78, 5) is 23.1. The van der Waals surface area contributed by atoms with Crippen LogP contribution in [0.2, 0.25) is 0 Å². The molecule has 16 heavy (non-hydrogen) atoms. The lowest BCUT2D eigenvalue weighted by atomic mass is 9.93. The van der Waals surface area contributed by atoms with Crippen LogP contribution in [0.15, 0.2) is 0 Å². The minimum atomic E-state index is -1.15. The molecule has 5 heteroatoms. The van der Waals surface area contributed by atoms with E-state index in [9.17, 15) is 9.59 Å². The van der Waals surface area contributed by atoms with Gasteiger partial charge in [-0.3, -0.25) is 4.79 Å². The molecule has 0 spiro atoms. The Bertz CT molecular complexity index is 316. The van der Waals surface area contributed by atoms with Crippen molar-refractivity contribution in [1.82, 2.24) is 5.32 Å². The van der Waals surface area contributed by atoms with E-state index in [4.69, 9.17) is 5.26 Å². The minimum absolute atomic E-state index is 0.0918. The normalized spacial score (nSPS) is 12.8. The lowest BCUT2D eigenvalue weighted by Gasteiger charge is -2.23. The average molecular weight is 226 g/mol. The zero-order valence-corrected chi connectivity index (χ0v) is 10.3. The highest BCUT2D eigenvalue weighted by molar-refractivity contribution is 5.89. The number of methoxy groups -OCH3 is 1. The predicted molar refractivity (Wildman–Crippen MR) is 58.2 cm³/mol. The highest BCUT2D eigenvalue weighted by Gasteiger charge is 2.32. The van der Waals surface area contributed by atoms with Gasteiger partial charge in [-0.15, -0.1) is 0 Å². The fourth-order valence-electron chi connectivity index (χ4n) is 0.997. The lowest BCUT2D eigenvalue weighted by molar-refractivity contribution is -0.147. The van der Waals surface area contributed by atoms with Crippen molar-refractivity contribution in [2.45, 2.75) is 33.7 Å². The average Bonchev–Trinajstić information content (AvgIpc) is 2.23. The third-order valence-corrected chi connectivity index (χ3v) is 2.26. The van der Waals surface area contributed by atoms with Crippen molar-refractivity contribution in [1.29, 1.82) is 5.26 Å². The number of rotatable bonds is 4. The summed E-state index contributed by atoms with van der Waals surface area (Å²) in [5.41, 5.74) is -1.15. The second-order valence-electron chi connectivity index (χ2n) is 4.46. The first kappa shape index (κ1) is 14.4. The highest BCUT2D eigenvalue weighted by atomic mass is 16.5. The summed E-state index contributed by atoms with van der Waals surface area (Å²) in [7, 11) is 1.26. The fourth-order valence-corrected chi connectivity index (χ4v) is 0.997. The third-order valence-electron chi connectivity index (χ3n) is 2.26. The summed E-state index contributed by atoms with van der Waals surface area (Å²) in [5, 5.41) is 11.3. The molecule has 1 N–H and O–H groups in total. The van der Waals surface area contributed by atoms with Gasteiger partial charge in [-0.25, -0.2) is 4.79 Å². The van der Waals surface area contributed by atoms with Crippen LogP contribution in [0.3, 0.4) is 0 Å². The van der Waals surface area contributed by atoms with Crippen molar-refractivity contribution >= 4 is 11.9 Å². The smallest absolute Gasteiger partial charge is 0.328 e. The van der Waals surface area contributed by atoms with Crippen molar-refractivity contribution in [3.05, 3.63) is 0 Å². The van der Waals surface area contributed by atoms with E-state index < -0.39 is 23.3 Å². The van der Waals surface area contributed by atoms with Gasteiger partial charge in [0.15, 0.2) is 0 Å². The number of nitriles is 1. The number of ether oxygens (including phenoxy) is 1. The van der Waals surface area contributed by atoms with Gasteiger partial charge in [0.25, 0.3) is 0 Å². The molecule has 1 atom stereocenters. The molecule has 0 aliphatic rings. The fraction of sp³-hybridized carbons (Fsp3) is 0.727. The quantitative estimate of drug-likeness (QED) is 0.721. The van der Waals surface area contributed by atoms with Gasteiger partial charge in [0.05, 0.1) is 13.2 Å². The van der Waals surface area contributed by atoms with Gasteiger partial charge < -0.3 is 10.1 Å². The Morgan fingerprint density at radius 2 is 1.88 bits per heavy atom. The highest BCUT2D eigenvalue weighted by Crippen LogP contribution is 2.14. The first-order valence-electron chi connectivity index (χ1n) is 5.06. The van der Waals surface area contributed by atoms with Crippen LogP contribution in [-0.2, 0) is 14.3 Å². The van der Waals surface area contributed by atoms with Crippen molar-refractivity contribution in [3.8, 4) is 6.07 Å². The van der Waals surface area contributed by atoms with Gasteiger partial charge in [-0.2, -0.15) is 5.26 Å². The van der Waals surface area contributed by atoms with Crippen LogP contribution < -0.4 is 5.32 Å². The maximum atomic E-state index is 11.7. The zero-order chi connectivity index (χ0) is 12.9. The monoisotopic (exact) mass is 226 g/mol. The standard InChI is InChI=1S/C11H18N2O3/c1-7(2)8(9(14)16-5)13-10(15)11(3,4)6-12/h7-8H,1-5H3,(H,13,15). The molecule has 0 fully saturated rings. The number of carbonyl (C=O) groups is 2. The number of carbonyl (C=O) groups excluding carboxylic acids is 2. The summed E-state index contributed by atoms with van der Waals surface area (Å²) in [5.74, 6) is -1.07. The Kier molecular flexibility index (Phi) is 4.96. The molecule has 0 saturated heterocycles. The Labute approximate surface area is 95.8 Å². The number of nitrogens with one attached hydrogen (secondary N) is 1. The van der Waals surface area contributed by atoms with Crippen LogP contribution >= 0.6 is 0 Å². The van der Waals surface area contributed by atoms with Gasteiger partial charge in [0.2, 0.25) is 5.91 Å². The van der Waals surface area contributed by atoms with Crippen LogP contribution in [0.4, 0.5) is 0 Å². The van der Waals surface area contributed by atoms with Crippen molar-refractivity contribution in [2.24, 2.45) is 11.3 Å². The van der Waals surface area contributed by atoms with Gasteiger partial charge in [-0.05, 0) is 19.8 Å². The Morgan fingerprint density at radius 3 is 2.19 bits per heavy atom. The molecular formula is C11H18N2O3. The Balaban J connectivity index is 4.74. The minimum Gasteiger partial charge on any atom is -0.467 e. The third kappa shape index (κ3) is 3.54. The van der Waals surface area contributed by atoms with Crippen LogP contribution in [0, 0.1) is 22.7 Å². The molecule has 0 radical (unpaired) electrons. The van der Waals surface area contributed by atoms with E-state index in [0.717, 1.165) is 0 Å². The first-order chi connectivity index (χ1) is 7.26. The number of nitrogens with zero attached hydrogens (tertiary/aromatic N) is 1. The van der Waals surface area contributed by atoms with Crippen LogP contribution in [0.5, 0.6) is 0 Å². The van der Waals surface area contributed by atoms with Crippen LogP contribution in [0.25, 0.3) is 0 Å². The van der Waals surface area contributed by atoms with Crippen molar-refractivity contribution in [3.63, 3.8) is 0 Å². The molecule has 0 aromatic rings. The molecule has 0 bridgehead atoms. The zero-order valence-electron chi connectivity index (χ0n) is 10.3. The van der Waals surface area contributed by atoms with Crippen LogP contribution in [-0.4, -0.2) is 25.0 Å². The molecule has 1 unspecified atom stereocenters. The molecule has 0 rings (SSSR count). The molecule has 0 aromatic heterocycles. The first-order valence-corrected chi connectivity index (χ1v) is 5.06. The molecule has 5 nitrogen and oxygen atoms in total. The summed E-state index contributed by atoms with van der Waals surface area (Å²) in [6.07, 6.45) is 0. The summed E-state index contributed by atoms with van der Waals surface area (Å²) in [6.45, 7) is 6.58. The SMILES string of the molecule is COC(=O)C(NC(=O)C(C)(C)C#N)C(C)C. The van der Waals surface area contributed by atoms with Gasteiger partial charge in [0.1, 0.15) is 11.5 Å². The van der Waals surface area contributed by atoms with Gasteiger partial charge in [-0.1, -0.05) is 13.8 Å². The molecule has 0 heterocycles.